The fraction of sp³-hybridized carbons (Fsp3) is 0.462. The zero-order chi connectivity index (χ0) is 13.8. The highest BCUT2D eigenvalue weighted by Crippen LogP contribution is 2.15. The first kappa shape index (κ1) is 13.5. The molecule has 2 amide bonds. The lowest BCUT2D eigenvalue weighted by Crippen LogP contribution is -2.47. The Morgan fingerprint density at radius 2 is 2.21 bits per heavy atom. The number of rotatable bonds is 4. The lowest BCUT2D eigenvalue weighted by Gasteiger charge is -2.22. The largest absolute Gasteiger partial charge is 0.358 e. The third-order valence-corrected chi connectivity index (χ3v) is 3.28. The number of hydrogen-bond donors (Lipinski definition) is 3. The molecule has 1 saturated heterocycles. The second kappa shape index (κ2) is 5.79. The van der Waals surface area contributed by atoms with E-state index in [0.29, 0.717) is 18.7 Å². The summed E-state index contributed by atoms with van der Waals surface area (Å²) in [5.74, 6) is 0.140. The van der Waals surface area contributed by atoms with Crippen LogP contribution in [0.25, 0.3) is 0 Å². The number of aromatic nitrogens is 1. The molecule has 0 bridgehead atoms. The molecule has 2 unspecified atom stereocenters. The number of piperidine rings is 1. The van der Waals surface area contributed by atoms with Gasteiger partial charge in [-0.25, -0.2) is 4.98 Å². The number of nitrogens with one attached hydrogen (secondary N) is 3. The Bertz CT molecular complexity index is 472. The molecule has 3 N–H and O–H groups in total. The topological polar surface area (TPSA) is 83.1 Å². The fourth-order valence-electron chi connectivity index (χ4n) is 1.92. The molecule has 2 atom stereocenters. The molecule has 2 rings (SSSR count). The first-order valence-corrected chi connectivity index (χ1v) is 6.33. The van der Waals surface area contributed by atoms with E-state index in [0.717, 1.165) is 5.56 Å². The van der Waals surface area contributed by atoms with E-state index < -0.39 is 6.04 Å². The van der Waals surface area contributed by atoms with Crippen LogP contribution in [0.1, 0.15) is 31.4 Å². The molecule has 0 radical (unpaired) electrons. The van der Waals surface area contributed by atoms with Crippen molar-refractivity contribution < 1.29 is 9.59 Å². The minimum Gasteiger partial charge on any atom is -0.358 e. The van der Waals surface area contributed by atoms with Crippen LogP contribution in [0.2, 0.25) is 0 Å². The lowest BCUT2D eigenvalue weighted by molar-refractivity contribution is -0.133. The van der Waals surface area contributed by atoms with E-state index in [1.54, 1.807) is 6.20 Å². The standard InChI is InChI=1S/C13H18N4O2/c1-8(14-2)9-3-5-11(15-7-9)16-10-4-6-12(18)17-13(10)19/h3,5,7-8,10,14H,4,6H2,1-2H3,(H,15,16)(H,17,18,19). The van der Waals surface area contributed by atoms with Gasteiger partial charge >= 0.3 is 0 Å². The number of anilines is 1. The SMILES string of the molecule is CNC(C)c1ccc(NC2CCC(=O)NC2=O)nc1. The van der Waals surface area contributed by atoms with Crippen LogP contribution < -0.4 is 16.0 Å². The molecule has 1 aromatic rings. The van der Waals surface area contributed by atoms with Gasteiger partial charge in [0.15, 0.2) is 0 Å². The molecular formula is C13H18N4O2. The van der Waals surface area contributed by atoms with Crippen LogP contribution in [0.15, 0.2) is 18.3 Å². The highest BCUT2D eigenvalue weighted by atomic mass is 16.2. The van der Waals surface area contributed by atoms with Crippen LogP contribution in [0.3, 0.4) is 0 Å². The smallest absolute Gasteiger partial charge is 0.249 e. The molecular weight excluding hydrogens is 244 g/mol. The van der Waals surface area contributed by atoms with E-state index in [1.807, 2.05) is 26.1 Å². The molecule has 19 heavy (non-hydrogen) atoms. The van der Waals surface area contributed by atoms with Gasteiger partial charge in [0.05, 0.1) is 0 Å². The minimum atomic E-state index is -0.391. The number of imide groups is 1. The molecule has 0 aliphatic carbocycles. The summed E-state index contributed by atoms with van der Waals surface area (Å²) in [5, 5.41) is 8.48. The summed E-state index contributed by atoms with van der Waals surface area (Å²) in [6.45, 7) is 2.05. The van der Waals surface area contributed by atoms with Crippen molar-refractivity contribution in [3.05, 3.63) is 23.9 Å². The second-order valence-corrected chi connectivity index (χ2v) is 4.64. The number of carbonyl (C=O) groups is 2. The summed E-state index contributed by atoms with van der Waals surface area (Å²) in [5.41, 5.74) is 1.08. The zero-order valence-corrected chi connectivity index (χ0v) is 11.1. The van der Waals surface area contributed by atoms with Gasteiger partial charge in [-0.1, -0.05) is 6.07 Å². The van der Waals surface area contributed by atoms with Crippen molar-refractivity contribution in [1.29, 1.82) is 0 Å². The predicted molar refractivity (Wildman–Crippen MR) is 71.5 cm³/mol. The number of carbonyl (C=O) groups excluding carboxylic acids is 2. The summed E-state index contributed by atoms with van der Waals surface area (Å²) in [7, 11) is 1.89. The quantitative estimate of drug-likeness (QED) is 0.691. The van der Waals surface area contributed by atoms with Gasteiger partial charge in [-0.3, -0.25) is 14.9 Å². The highest BCUT2D eigenvalue weighted by Gasteiger charge is 2.26. The first-order chi connectivity index (χ1) is 9.10. The van der Waals surface area contributed by atoms with Crippen LogP contribution in [-0.2, 0) is 9.59 Å². The predicted octanol–water partition coefficient (Wildman–Crippen LogP) is 0.579. The van der Waals surface area contributed by atoms with Gasteiger partial charge in [0.25, 0.3) is 0 Å². The van der Waals surface area contributed by atoms with E-state index in [1.165, 1.54) is 0 Å². The van der Waals surface area contributed by atoms with Gasteiger partial charge in [-0.15, -0.1) is 0 Å². The monoisotopic (exact) mass is 262 g/mol. The summed E-state index contributed by atoms with van der Waals surface area (Å²) >= 11 is 0. The maximum absolute atomic E-state index is 11.6. The minimum absolute atomic E-state index is 0.214. The highest BCUT2D eigenvalue weighted by molar-refractivity contribution is 6.01. The van der Waals surface area contributed by atoms with E-state index in [9.17, 15) is 9.59 Å². The third-order valence-electron chi connectivity index (χ3n) is 3.28. The van der Waals surface area contributed by atoms with Crippen LogP contribution in [0.4, 0.5) is 5.82 Å². The summed E-state index contributed by atoms with van der Waals surface area (Å²) in [6.07, 6.45) is 2.63. The fourth-order valence-corrected chi connectivity index (χ4v) is 1.92. The van der Waals surface area contributed by atoms with Crippen molar-refractivity contribution in [1.82, 2.24) is 15.6 Å². The van der Waals surface area contributed by atoms with Gasteiger partial charge in [0.1, 0.15) is 11.9 Å². The molecule has 6 heteroatoms. The van der Waals surface area contributed by atoms with Crippen LogP contribution >= 0.6 is 0 Å². The Kier molecular flexibility index (Phi) is 4.11. The van der Waals surface area contributed by atoms with Gasteiger partial charge in [0.2, 0.25) is 11.8 Å². The van der Waals surface area contributed by atoms with Crippen LogP contribution in [-0.4, -0.2) is 29.9 Å². The Hall–Kier alpha value is -1.95. The number of nitrogens with zero attached hydrogens (tertiary/aromatic N) is 1. The number of amides is 2. The summed E-state index contributed by atoms with van der Waals surface area (Å²) in [4.78, 5) is 26.9. The summed E-state index contributed by atoms with van der Waals surface area (Å²) in [6, 6.07) is 3.64. The van der Waals surface area contributed by atoms with Crippen molar-refractivity contribution in [3.8, 4) is 0 Å². The van der Waals surface area contributed by atoms with E-state index in [4.69, 9.17) is 0 Å². The van der Waals surface area contributed by atoms with E-state index >= 15 is 0 Å². The number of hydrogen-bond acceptors (Lipinski definition) is 5. The molecule has 1 aliphatic heterocycles. The van der Waals surface area contributed by atoms with Gasteiger partial charge in [-0.05, 0) is 32.0 Å². The third kappa shape index (κ3) is 3.29. The molecule has 2 heterocycles. The molecule has 1 fully saturated rings. The second-order valence-electron chi connectivity index (χ2n) is 4.64. The average Bonchev–Trinajstić information content (AvgIpc) is 2.42. The van der Waals surface area contributed by atoms with Crippen LogP contribution in [0.5, 0.6) is 0 Å². The molecule has 0 saturated carbocycles. The van der Waals surface area contributed by atoms with Gasteiger partial charge in [-0.2, -0.15) is 0 Å². The number of pyridine rings is 1. The van der Waals surface area contributed by atoms with E-state index in [2.05, 4.69) is 20.9 Å². The molecule has 6 nitrogen and oxygen atoms in total. The van der Waals surface area contributed by atoms with Crippen molar-refractivity contribution in [2.45, 2.75) is 31.8 Å². The van der Waals surface area contributed by atoms with Crippen molar-refractivity contribution in [2.75, 3.05) is 12.4 Å². The van der Waals surface area contributed by atoms with Gasteiger partial charge < -0.3 is 10.6 Å². The first-order valence-electron chi connectivity index (χ1n) is 6.33. The normalized spacial score (nSPS) is 20.8. The van der Waals surface area contributed by atoms with Crippen LogP contribution in [0, 0.1) is 0 Å². The van der Waals surface area contributed by atoms with Crippen molar-refractivity contribution in [2.24, 2.45) is 0 Å². The maximum atomic E-state index is 11.6. The Balaban J connectivity index is 1.99. The molecule has 0 spiro atoms. The zero-order valence-electron chi connectivity index (χ0n) is 11.1. The molecule has 1 aliphatic rings. The Morgan fingerprint density at radius 3 is 2.79 bits per heavy atom. The molecule has 102 valence electrons. The molecule has 0 aromatic carbocycles. The van der Waals surface area contributed by atoms with E-state index in [-0.39, 0.29) is 17.9 Å². The summed E-state index contributed by atoms with van der Waals surface area (Å²) < 4.78 is 0. The van der Waals surface area contributed by atoms with Gasteiger partial charge in [0, 0.05) is 18.7 Å². The lowest BCUT2D eigenvalue weighted by atomic mass is 10.1. The molecule has 1 aromatic heterocycles. The van der Waals surface area contributed by atoms with Crippen molar-refractivity contribution >= 4 is 17.6 Å². The average molecular weight is 262 g/mol. The van der Waals surface area contributed by atoms with Crippen molar-refractivity contribution in [3.63, 3.8) is 0 Å². The Morgan fingerprint density at radius 1 is 1.42 bits per heavy atom. The maximum Gasteiger partial charge on any atom is 0.249 e. The Labute approximate surface area is 112 Å².